The van der Waals surface area contributed by atoms with Gasteiger partial charge in [0.15, 0.2) is 0 Å². The summed E-state index contributed by atoms with van der Waals surface area (Å²) in [6, 6.07) is 26.4. The number of halogens is 2. The van der Waals surface area contributed by atoms with Crippen LogP contribution in [0.1, 0.15) is 53.6 Å². The average Bonchev–Trinajstić information content (AvgIpc) is 2.95. The molecule has 3 aromatic carbocycles. The van der Waals surface area contributed by atoms with Crippen molar-refractivity contribution >= 4 is 34.7 Å². The molecule has 1 fully saturated rings. The standard InChI is InChI=1S/C32H34Cl2N2O/c33-29-14-13-28(23-30(29)34)32(18-8-20-36(24-32)31(37)27-11-5-2-6-12-27)17-7-19-35-21-15-26(16-22-35)25-9-3-1-4-10-25/h1-6,9-15,23H,7-8,16-22,24H2. The van der Waals surface area contributed by atoms with E-state index < -0.39 is 0 Å². The number of carbonyl (C=O) groups excluding carboxylic acids is 1. The predicted molar refractivity (Wildman–Crippen MR) is 154 cm³/mol. The Bertz CT molecular complexity index is 1240. The second-order valence-electron chi connectivity index (χ2n) is 10.4. The third-order valence-electron chi connectivity index (χ3n) is 7.98. The molecule has 0 N–H and O–H groups in total. The monoisotopic (exact) mass is 532 g/mol. The molecular formula is C32H34Cl2N2O. The van der Waals surface area contributed by atoms with Crippen LogP contribution in [0.5, 0.6) is 0 Å². The Morgan fingerprint density at radius 3 is 2.35 bits per heavy atom. The van der Waals surface area contributed by atoms with E-state index in [4.69, 9.17) is 23.2 Å². The molecule has 0 aromatic heterocycles. The second-order valence-corrected chi connectivity index (χ2v) is 11.2. The van der Waals surface area contributed by atoms with Crippen LogP contribution in [0.3, 0.4) is 0 Å². The van der Waals surface area contributed by atoms with E-state index in [0.717, 1.165) is 63.8 Å². The first-order valence-corrected chi connectivity index (χ1v) is 14.1. The molecular weight excluding hydrogens is 499 g/mol. The Hall–Kier alpha value is -2.59. The van der Waals surface area contributed by atoms with E-state index in [2.05, 4.69) is 47.4 Å². The second kappa shape index (κ2) is 11.9. The first-order chi connectivity index (χ1) is 18.0. The summed E-state index contributed by atoms with van der Waals surface area (Å²) >= 11 is 12.8. The molecule has 37 heavy (non-hydrogen) atoms. The van der Waals surface area contributed by atoms with E-state index in [1.807, 2.05) is 47.4 Å². The maximum absolute atomic E-state index is 13.4. The lowest BCUT2D eigenvalue weighted by atomic mass is 9.71. The Kier molecular flexibility index (Phi) is 8.34. The van der Waals surface area contributed by atoms with Crippen molar-refractivity contribution in [1.82, 2.24) is 9.80 Å². The zero-order valence-electron chi connectivity index (χ0n) is 21.2. The quantitative estimate of drug-likeness (QED) is 0.310. The van der Waals surface area contributed by atoms with Crippen LogP contribution >= 0.6 is 23.2 Å². The van der Waals surface area contributed by atoms with Crippen LogP contribution in [0.25, 0.3) is 5.57 Å². The van der Waals surface area contributed by atoms with Gasteiger partial charge in [0, 0.05) is 37.2 Å². The number of amides is 1. The average molecular weight is 534 g/mol. The lowest BCUT2D eigenvalue weighted by Gasteiger charge is -2.44. The van der Waals surface area contributed by atoms with Crippen molar-refractivity contribution < 1.29 is 4.79 Å². The fourth-order valence-corrected chi connectivity index (χ4v) is 6.25. The van der Waals surface area contributed by atoms with Gasteiger partial charge in [-0.3, -0.25) is 9.69 Å². The molecule has 1 amide bonds. The summed E-state index contributed by atoms with van der Waals surface area (Å²) in [6.45, 7) is 4.61. The number of likely N-dealkylation sites (tertiary alicyclic amines) is 1. The van der Waals surface area contributed by atoms with Crippen LogP contribution in [0.15, 0.2) is 84.9 Å². The minimum absolute atomic E-state index is 0.111. The molecule has 2 aliphatic heterocycles. The van der Waals surface area contributed by atoms with Gasteiger partial charge >= 0.3 is 0 Å². The summed E-state index contributed by atoms with van der Waals surface area (Å²) in [5, 5.41) is 1.16. The van der Waals surface area contributed by atoms with Crippen molar-refractivity contribution in [2.24, 2.45) is 0 Å². The number of hydrogen-bond acceptors (Lipinski definition) is 2. The minimum atomic E-state index is -0.127. The first-order valence-electron chi connectivity index (χ1n) is 13.3. The highest BCUT2D eigenvalue weighted by atomic mass is 35.5. The normalized spacial score (nSPS) is 20.5. The molecule has 3 aromatic rings. The molecule has 192 valence electrons. The molecule has 3 nitrogen and oxygen atoms in total. The number of hydrogen-bond donors (Lipinski definition) is 0. The third kappa shape index (κ3) is 6.12. The number of piperidine rings is 1. The number of carbonyl (C=O) groups is 1. The van der Waals surface area contributed by atoms with E-state index >= 15 is 0 Å². The van der Waals surface area contributed by atoms with Crippen LogP contribution in [0.2, 0.25) is 10.0 Å². The van der Waals surface area contributed by atoms with Gasteiger partial charge < -0.3 is 4.90 Å². The summed E-state index contributed by atoms with van der Waals surface area (Å²) in [4.78, 5) is 18.0. The highest BCUT2D eigenvalue weighted by Crippen LogP contribution is 2.41. The lowest BCUT2D eigenvalue weighted by Crippen LogP contribution is -2.49. The van der Waals surface area contributed by atoms with Crippen molar-refractivity contribution in [3.63, 3.8) is 0 Å². The molecule has 1 saturated heterocycles. The van der Waals surface area contributed by atoms with E-state index in [1.165, 1.54) is 16.7 Å². The third-order valence-corrected chi connectivity index (χ3v) is 8.72. The van der Waals surface area contributed by atoms with Crippen LogP contribution < -0.4 is 0 Å². The highest BCUT2D eigenvalue weighted by molar-refractivity contribution is 6.42. The van der Waals surface area contributed by atoms with Crippen molar-refractivity contribution in [3.8, 4) is 0 Å². The molecule has 5 rings (SSSR count). The minimum Gasteiger partial charge on any atom is -0.338 e. The largest absolute Gasteiger partial charge is 0.338 e. The zero-order chi connectivity index (χ0) is 25.7. The summed E-state index contributed by atoms with van der Waals surface area (Å²) in [5.41, 5.74) is 4.61. The lowest BCUT2D eigenvalue weighted by molar-refractivity contribution is 0.0621. The first kappa shape index (κ1) is 26.0. The zero-order valence-corrected chi connectivity index (χ0v) is 22.7. The molecule has 0 bridgehead atoms. The Morgan fingerprint density at radius 1 is 0.892 bits per heavy atom. The summed E-state index contributed by atoms with van der Waals surface area (Å²) in [5.74, 6) is 0.111. The fraction of sp³-hybridized carbons (Fsp3) is 0.344. The number of benzene rings is 3. The maximum Gasteiger partial charge on any atom is 0.253 e. The molecule has 2 heterocycles. The van der Waals surface area contributed by atoms with E-state index in [-0.39, 0.29) is 11.3 Å². The van der Waals surface area contributed by atoms with Gasteiger partial charge in [-0.25, -0.2) is 0 Å². The van der Waals surface area contributed by atoms with Crippen molar-refractivity contribution in [2.45, 2.75) is 37.5 Å². The van der Waals surface area contributed by atoms with Gasteiger partial charge in [0.25, 0.3) is 5.91 Å². The number of rotatable bonds is 7. The molecule has 5 heteroatoms. The molecule has 0 aliphatic carbocycles. The molecule has 1 unspecified atom stereocenters. The molecule has 0 saturated carbocycles. The highest BCUT2D eigenvalue weighted by Gasteiger charge is 2.39. The van der Waals surface area contributed by atoms with Crippen LogP contribution in [-0.2, 0) is 5.41 Å². The fourth-order valence-electron chi connectivity index (χ4n) is 5.95. The van der Waals surface area contributed by atoms with Crippen LogP contribution in [0, 0.1) is 0 Å². The summed E-state index contributed by atoms with van der Waals surface area (Å²) in [7, 11) is 0. The summed E-state index contributed by atoms with van der Waals surface area (Å²) in [6.07, 6.45) is 7.57. The van der Waals surface area contributed by atoms with Gasteiger partial charge in [0.1, 0.15) is 0 Å². The Morgan fingerprint density at radius 2 is 1.65 bits per heavy atom. The maximum atomic E-state index is 13.4. The van der Waals surface area contributed by atoms with Gasteiger partial charge in [-0.1, -0.05) is 83.9 Å². The van der Waals surface area contributed by atoms with E-state index in [1.54, 1.807) is 0 Å². The topological polar surface area (TPSA) is 23.6 Å². The van der Waals surface area contributed by atoms with E-state index in [0.29, 0.717) is 16.6 Å². The molecule has 0 spiro atoms. The van der Waals surface area contributed by atoms with Gasteiger partial charge in [0.2, 0.25) is 0 Å². The van der Waals surface area contributed by atoms with Gasteiger partial charge in [-0.15, -0.1) is 0 Å². The molecule has 1 atom stereocenters. The predicted octanol–water partition coefficient (Wildman–Crippen LogP) is 7.74. The van der Waals surface area contributed by atoms with Crippen LogP contribution in [0.4, 0.5) is 0 Å². The van der Waals surface area contributed by atoms with Crippen molar-refractivity contribution in [3.05, 3.63) is 112 Å². The van der Waals surface area contributed by atoms with Gasteiger partial charge in [-0.05, 0) is 79.6 Å². The summed E-state index contributed by atoms with van der Waals surface area (Å²) < 4.78 is 0. The van der Waals surface area contributed by atoms with Crippen LogP contribution in [-0.4, -0.2) is 48.4 Å². The van der Waals surface area contributed by atoms with Crippen molar-refractivity contribution in [1.29, 1.82) is 0 Å². The van der Waals surface area contributed by atoms with Gasteiger partial charge in [0.05, 0.1) is 10.0 Å². The smallest absolute Gasteiger partial charge is 0.253 e. The Labute approximate surface area is 230 Å². The molecule has 2 aliphatic rings. The van der Waals surface area contributed by atoms with Crippen molar-refractivity contribution in [2.75, 3.05) is 32.7 Å². The molecule has 0 radical (unpaired) electrons. The Balaban J connectivity index is 1.29. The van der Waals surface area contributed by atoms with E-state index in [9.17, 15) is 4.79 Å². The SMILES string of the molecule is O=C(c1ccccc1)N1CCCC(CCCN2CC=C(c3ccccc3)CC2)(c2ccc(Cl)c(Cl)c2)C1. The number of nitrogens with zero attached hydrogens (tertiary/aromatic N) is 2. The van der Waals surface area contributed by atoms with Gasteiger partial charge in [-0.2, -0.15) is 0 Å².